The van der Waals surface area contributed by atoms with Crippen molar-refractivity contribution >= 4 is 17.8 Å². The van der Waals surface area contributed by atoms with Gasteiger partial charge in [0.2, 0.25) is 0 Å². The van der Waals surface area contributed by atoms with Gasteiger partial charge in [-0.3, -0.25) is 4.79 Å². The SMILES string of the molecule is COC(=O)/C=C/C(=O)OC[C@H](O)C(=O)N1CCCCC1. The van der Waals surface area contributed by atoms with Crippen LogP contribution in [0.2, 0.25) is 0 Å². The van der Waals surface area contributed by atoms with E-state index in [0.29, 0.717) is 13.1 Å². The highest BCUT2D eigenvalue weighted by Gasteiger charge is 2.24. The molecule has 1 rings (SSSR count). The topological polar surface area (TPSA) is 93.1 Å². The van der Waals surface area contributed by atoms with E-state index in [4.69, 9.17) is 0 Å². The van der Waals surface area contributed by atoms with Crippen molar-refractivity contribution in [2.24, 2.45) is 0 Å². The monoisotopic (exact) mass is 285 g/mol. The van der Waals surface area contributed by atoms with Crippen LogP contribution in [0.25, 0.3) is 0 Å². The summed E-state index contributed by atoms with van der Waals surface area (Å²) in [4.78, 5) is 35.3. The molecule has 7 heteroatoms. The van der Waals surface area contributed by atoms with Gasteiger partial charge in [-0.2, -0.15) is 0 Å². The molecule has 1 amide bonds. The minimum absolute atomic E-state index is 0.431. The van der Waals surface area contributed by atoms with Gasteiger partial charge in [-0.15, -0.1) is 0 Å². The van der Waals surface area contributed by atoms with Gasteiger partial charge in [0, 0.05) is 25.2 Å². The number of carbonyl (C=O) groups excluding carboxylic acids is 3. The Balaban J connectivity index is 2.32. The number of likely N-dealkylation sites (tertiary alicyclic amines) is 1. The fourth-order valence-corrected chi connectivity index (χ4v) is 1.81. The summed E-state index contributed by atoms with van der Waals surface area (Å²) in [5, 5.41) is 9.66. The summed E-state index contributed by atoms with van der Waals surface area (Å²) in [6, 6.07) is 0. The molecule has 0 radical (unpaired) electrons. The molecule has 20 heavy (non-hydrogen) atoms. The van der Waals surface area contributed by atoms with Gasteiger partial charge in [0.1, 0.15) is 6.61 Å². The molecule has 1 aliphatic heterocycles. The van der Waals surface area contributed by atoms with Crippen LogP contribution in [0.1, 0.15) is 19.3 Å². The van der Waals surface area contributed by atoms with Crippen LogP contribution in [0.3, 0.4) is 0 Å². The second kappa shape index (κ2) is 8.31. The number of methoxy groups -OCH3 is 1. The van der Waals surface area contributed by atoms with E-state index in [1.54, 1.807) is 4.90 Å². The fourth-order valence-electron chi connectivity index (χ4n) is 1.81. The van der Waals surface area contributed by atoms with Crippen LogP contribution in [0.15, 0.2) is 12.2 Å². The fraction of sp³-hybridized carbons (Fsp3) is 0.615. The molecule has 1 atom stereocenters. The molecule has 0 saturated carbocycles. The zero-order chi connectivity index (χ0) is 15.0. The molecule has 1 heterocycles. The van der Waals surface area contributed by atoms with Crippen LogP contribution < -0.4 is 0 Å². The predicted molar refractivity (Wildman–Crippen MR) is 68.6 cm³/mol. The van der Waals surface area contributed by atoms with Gasteiger partial charge in [0.25, 0.3) is 5.91 Å². The highest BCUT2D eigenvalue weighted by Crippen LogP contribution is 2.10. The molecule has 0 aliphatic carbocycles. The van der Waals surface area contributed by atoms with Crippen LogP contribution in [0.5, 0.6) is 0 Å². The highest BCUT2D eigenvalue weighted by molar-refractivity contribution is 5.91. The van der Waals surface area contributed by atoms with Crippen molar-refractivity contribution in [3.63, 3.8) is 0 Å². The number of amides is 1. The minimum Gasteiger partial charge on any atom is -0.466 e. The Kier molecular flexibility index (Phi) is 6.72. The van der Waals surface area contributed by atoms with E-state index in [0.717, 1.165) is 31.4 Å². The number of hydrogen-bond acceptors (Lipinski definition) is 6. The smallest absolute Gasteiger partial charge is 0.331 e. The lowest BCUT2D eigenvalue weighted by atomic mass is 10.1. The van der Waals surface area contributed by atoms with Crippen LogP contribution in [0, 0.1) is 0 Å². The molecule has 112 valence electrons. The zero-order valence-electron chi connectivity index (χ0n) is 11.4. The third-order valence-corrected chi connectivity index (χ3v) is 2.89. The summed E-state index contributed by atoms with van der Waals surface area (Å²) in [6.07, 6.45) is 3.32. The highest BCUT2D eigenvalue weighted by atomic mass is 16.5. The van der Waals surface area contributed by atoms with Crippen molar-refractivity contribution in [2.75, 3.05) is 26.8 Å². The van der Waals surface area contributed by atoms with Crippen molar-refractivity contribution in [2.45, 2.75) is 25.4 Å². The third-order valence-electron chi connectivity index (χ3n) is 2.89. The lowest BCUT2D eigenvalue weighted by Gasteiger charge is -2.28. The van der Waals surface area contributed by atoms with Crippen LogP contribution in [-0.4, -0.2) is 60.8 Å². The molecule has 1 N–H and O–H groups in total. The second-order valence-corrected chi connectivity index (χ2v) is 4.39. The van der Waals surface area contributed by atoms with Gasteiger partial charge in [-0.1, -0.05) is 0 Å². The van der Waals surface area contributed by atoms with Crippen molar-refractivity contribution in [3.8, 4) is 0 Å². The quantitative estimate of drug-likeness (QED) is 0.547. The summed E-state index contributed by atoms with van der Waals surface area (Å²) in [5.41, 5.74) is 0. The van der Waals surface area contributed by atoms with Crippen molar-refractivity contribution in [1.29, 1.82) is 0 Å². The van der Waals surface area contributed by atoms with E-state index >= 15 is 0 Å². The zero-order valence-corrected chi connectivity index (χ0v) is 11.4. The average Bonchev–Trinajstić information content (AvgIpc) is 2.50. The summed E-state index contributed by atoms with van der Waals surface area (Å²) in [5.74, 6) is -1.94. The molecule has 1 saturated heterocycles. The number of aliphatic hydroxyl groups is 1. The Morgan fingerprint density at radius 1 is 1.15 bits per heavy atom. The van der Waals surface area contributed by atoms with E-state index in [9.17, 15) is 19.5 Å². The van der Waals surface area contributed by atoms with Crippen LogP contribution >= 0.6 is 0 Å². The number of aliphatic hydroxyl groups excluding tert-OH is 1. The lowest BCUT2D eigenvalue weighted by molar-refractivity contribution is -0.150. The normalized spacial score (nSPS) is 16.8. The number of nitrogens with zero attached hydrogens (tertiary/aromatic N) is 1. The van der Waals surface area contributed by atoms with Crippen molar-refractivity contribution in [3.05, 3.63) is 12.2 Å². The molecule has 0 aromatic rings. The Hall–Kier alpha value is -1.89. The molecule has 1 aliphatic rings. The first-order valence-corrected chi connectivity index (χ1v) is 6.44. The minimum atomic E-state index is -1.37. The Morgan fingerprint density at radius 3 is 2.35 bits per heavy atom. The molecule has 0 bridgehead atoms. The first kappa shape index (κ1) is 16.2. The summed E-state index contributed by atoms with van der Waals surface area (Å²) in [7, 11) is 1.18. The number of hydrogen-bond donors (Lipinski definition) is 1. The summed E-state index contributed by atoms with van der Waals surface area (Å²) < 4.78 is 8.98. The molecule has 0 aromatic heterocycles. The number of carbonyl (C=O) groups is 3. The van der Waals surface area contributed by atoms with Gasteiger partial charge in [-0.05, 0) is 19.3 Å². The van der Waals surface area contributed by atoms with Crippen molar-refractivity contribution < 1.29 is 29.0 Å². The Bertz CT molecular complexity index is 386. The van der Waals surface area contributed by atoms with E-state index < -0.39 is 30.6 Å². The van der Waals surface area contributed by atoms with Gasteiger partial charge in [-0.25, -0.2) is 9.59 Å². The van der Waals surface area contributed by atoms with Crippen LogP contribution in [-0.2, 0) is 23.9 Å². The van der Waals surface area contributed by atoms with Crippen molar-refractivity contribution in [1.82, 2.24) is 4.90 Å². The molecule has 0 aromatic carbocycles. The largest absolute Gasteiger partial charge is 0.466 e. The number of rotatable bonds is 5. The Labute approximate surface area is 117 Å². The van der Waals surface area contributed by atoms with Gasteiger partial charge >= 0.3 is 11.9 Å². The Morgan fingerprint density at radius 2 is 1.75 bits per heavy atom. The predicted octanol–water partition coefficient (Wildman–Crippen LogP) is -0.368. The third kappa shape index (κ3) is 5.40. The lowest BCUT2D eigenvalue weighted by Crippen LogP contribution is -2.44. The van der Waals surface area contributed by atoms with Crippen LogP contribution in [0.4, 0.5) is 0 Å². The molecular weight excluding hydrogens is 266 g/mol. The van der Waals surface area contributed by atoms with E-state index in [2.05, 4.69) is 9.47 Å². The summed E-state index contributed by atoms with van der Waals surface area (Å²) in [6.45, 7) is 0.803. The van der Waals surface area contributed by atoms with Gasteiger partial charge in [0.05, 0.1) is 7.11 Å². The molecule has 0 spiro atoms. The number of esters is 2. The first-order chi connectivity index (χ1) is 9.54. The molecule has 0 unspecified atom stereocenters. The second-order valence-electron chi connectivity index (χ2n) is 4.39. The van der Waals surface area contributed by atoms with Gasteiger partial charge in [0.15, 0.2) is 6.10 Å². The van der Waals surface area contributed by atoms with E-state index in [1.165, 1.54) is 7.11 Å². The first-order valence-electron chi connectivity index (χ1n) is 6.44. The average molecular weight is 285 g/mol. The van der Waals surface area contributed by atoms with E-state index in [-0.39, 0.29) is 0 Å². The molecular formula is C13H19NO6. The van der Waals surface area contributed by atoms with Gasteiger partial charge < -0.3 is 19.5 Å². The standard InChI is InChI=1S/C13H19NO6/c1-19-11(16)5-6-12(17)20-9-10(15)13(18)14-7-3-2-4-8-14/h5-6,10,15H,2-4,7-9H2,1H3/b6-5+/t10-/m0/s1. The number of piperidine rings is 1. The summed E-state index contributed by atoms with van der Waals surface area (Å²) >= 11 is 0. The van der Waals surface area contributed by atoms with E-state index in [1.807, 2.05) is 0 Å². The maximum atomic E-state index is 11.8. The molecule has 1 fully saturated rings. The maximum absolute atomic E-state index is 11.8. The molecule has 7 nitrogen and oxygen atoms in total. The maximum Gasteiger partial charge on any atom is 0.331 e. The number of ether oxygens (including phenoxy) is 2.